The smallest absolute Gasteiger partial charge is 0.323 e. The van der Waals surface area contributed by atoms with Gasteiger partial charge in [-0.15, -0.1) is 0 Å². The number of aliphatic hydroxyl groups excluding tert-OH is 1. The van der Waals surface area contributed by atoms with E-state index in [9.17, 15) is 5.11 Å². The van der Waals surface area contributed by atoms with Crippen molar-refractivity contribution in [3.8, 4) is 6.01 Å². The molecule has 0 fully saturated rings. The molecular formula is C13H25N5O2. The molecule has 0 amide bonds. The Hall–Kier alpha value is -1.63. The van der Waals surface area contributed by atoms with E-state index in [4.69, 9.17) is 10.5 Å². The summed E-state index contributed by atoms with van der Waals surface area (Å²) in [5, 5.41) is 12.7. The van der Waals surface area contributed by atoms with Crippen LogP contribution in [0.25, 0.3) is 0 Å². The van der Waals surface area contributed by atoms with Gasteiger partial charge >= 0.3 is 6.01 Å². The number of rotatable bonds is 8. The fourth-order valence-corrected chi connectivity index (χ4v) is 1.76. The van der Waals surface area contributed by atoms with E-state index in [2.05, 4.69) is 34.1 Å². The molecule has 0 saturated carbocycles. The molecule has 1 rings (SSSR count). The van der Waals surface area contributed by atoms with Gasteiger partial charge in [0, 0.05) is 12.0 Å². The number of nitrogens with one attached hydrogen (secondary N) is 1. The average molecular weight is 283 g/mol. The summed E-state index contributed by atoms with van der Waals surface area (Å²) in [5.41, 5.74) is 5.46. The van der Waals surface area contributed by atoms with Crippen molar-refractivity contribution < 1.29 is 9.84 Å². The predicted molar refractivity (Wildman–Crippen MR) is 78.6 cm³/mol. The van der Waals surface area contributed by atoms with Crippen molar-refractivity contribution in [2.75, 3.05) is 24.2 Å². The summed E-state index contributed by atoms with van der Waals surface area (Å²) in [6.07, 6.45) is 1.69. The van der Waals surface area contributed by atoms with Gasteiger partial charge in [0.15, 0.2) is 0 Å². The fourth-order valence-electron chi connectivity index (χ4n) is 1.76. The molecule has 114 valence electrons. The number of hydrogen-bond acceptors (Lipinski definition) is 7. The lowest BCUT2D eigenvalue weighted by atomic mass is 9.83. The predicted octanol–water partition coefficient (Wildman–Crippen LogP) is 1.45. The zero-order valence-electron chi connectivity index (χ0n) is 12.7. The molecule has 0 saturated heterocycles. The van der Waals surface area contributed by atoms with Gasteiger partial charge in [0.1, 0.15) is 0 Å². The molecule has 7 heteroatoms. The molecule has 0 radical (unpaired) electrons. The van der Waals surface area contributed by atoms with Crippen LogP contribution in [-0.2, 0) is 0 Å². The van der Waals surface area contributed by atoms with E-state index in [0.29, 0.717) is 12.5 Å². The second kappa shape index (κ2) is 7.23. The van der Waals surface area contributed by atoms with Gasteiger partial charge in [-0.1, -0.05) is 13.8 Å². The van der Waals surface area contributed by atoms with E-state index in [-0.39, 0.29) is 30.1 Å². The van der Waals surface area contributed by atoms with E-state index in [1.165, 1.54) is 0 Å². The van der Waals surface area contributed by atoms with Crippen LogP contribution in [0.1, 0.15) is 40.5 Å². The zero-order chi connectivity index (χ0) is 15.2. The van der Waals surface area contributed by atoms with Gasteiger partial charge in [-0.2, -0.15) is 15.0 Å². The Morgan fingerprint density at radius 1 is 1.25 bits per heavy atom. The highest BCUT2D eigenvalue weighted by Gasteiger charge is 2.25. The van der Waals surface area contributed by atoms with Crippen LogP contribution in [0.4, 0.5) is 11.9 Å². The Kier molecular flexibility index (Phi) is 5.94. The van der Waals surface area contributed by atoms with Crippen LogP contribution in [0.2, 0.25) is 0 Å². The monoisotopic (exact) mass is 283 g/mol. The lowest BCUT2D eigenvalue weighted by Crippen LogP contribution is -2.32. The molecule has 0 unspecified atom stereocenters. The maximum atomic E-state index is 9.54. The summed E-state index contributed by atoms with van der Waals surface area (Å²) < 4.78 is 5.42. The summed E-state index contributed by atoms with van der Waals surface area (Å²) in [4.78, 5) is 12.1. The van der Waals surface area contributed by atoms with E-state index in [0.717, 1.165) is 12.8 Å². The van der Waals surface area contributed by atoms with Crippen molar-refractivity contribution >= 4 is 11.9 Å². The second-order valence-electron chi connectivity index (χ2n) is 5.19. The van der Waals surface area contributed by atoms with Crippen molar-refractivity contribution in [1.82, 2.24) is 15.0 Å². The summed E-state index contributed by atoms with van der Waals surface area (Å²) in [7, 11) is 0. The average Bonchev–Trinajstić information content (AvgIpc) is 2.39. The maximum absolute atomic E-state index is 9.54. The molecule has 1 heterocycles. The second-order valence-corrected chi connectivity index (χ2v) is 5.19. The molecule has 0 spiro atoms. The number of ether oxygens (including phenoxy) is 1. The number of nitrogen functional groups attached to an aromatic ring is 1. The van der Waals surface area contributed by atoms with Crippen LogP contribution < -0.4 is 15.8 Å². The Morgan fingerprint density at radius 2 is 1.90 bits per heavy atom. The van der Waals surface area contributed by atoms with Gasteiger partial charge in [-0.25, -0.2) is 0 Å². The van der Waals surface area contributed by atoms with Crippen LogP contribution in [0.15, 0.2) is 0 Å². The molecule has 4 N–H and O–H groups in total. The third-order valence-electron chi connectivity index (χ3n) is 3.43. The van der Waals surface area contributed by atoms with Crippen LogP contribution in [-0.4, -0.2) is 39.3 Å². The normalized spacial score (nSPS) is 11.7. The Labute approximate surface area is 120 Å². The van der Waals surface area contributed by atoms with E-state index in [1.807, 2.05) is 13.8 Å². The summed E-state index contributed by atoms with van der Waals surface area (Å²) >= 11 is 0. The van der Waals surface area contributed by atoms with Crippen LogP contribution >= 0.6 is 0 Å². The molecule has 0 aliphatic heterocycles. The quantitative estimate of drug-likeness (QED) is 0.663. The summed E-state index contributed by atoms with van der Waals surface area (Å²) in [5.74, 6) is 0.480. The maximum Gasteiger partial charge on any atom is 0.323 e. The number of anilines is 2. The van der Waals surface area contributed by atoms with Crippen LogP contribution in [0.5, 0.6) is 6.01 Å². The minimum absolute atomic E-state index is 0.0348. The Balaban J connectivity index is 2.79. The number of aliphatic hydroxyl groups is 1. The minimum Gasteiger partial charge on any atom is -0.461 e. The molecule has 7 nitrogen and oxygen atoms in total. The first-order valence-electron chi connectivity index (χ1n) is 6.97. The van der Waals surface area contributed by atoms with Gasteiger partial charge in [-0.3, -0.25) is 0 Å². The minimum atomic E-state index is -0.180. The third kappa shape index (κ3) is 4.48. The highest BCUT2D eigenvalue weighted by Crippen LogP contribution is 2.25. The highest BCUT2D eigenvalue weighted by molar-refractivity contribution is 5.32. The molecule has 0 bridgehead atoms. The van der Waals surface area contributed by atoms with E-state index >= 15 is 0 Å². The molecule has 20 heavy (non-hydrogen) atoms. The number of aromatic nitrogens is 3. The Morgan fingerprint density at radius 3 is 2.40 bits per heavy atom. The molecule has 0 aliphatic rings. The lowest BCUT2D eigenvalue weighted by molar-refractivity contribution is 0.127. The summed E-state index contributed by atoms with van der Waals surface area (Å²) in [6, 6.07) is 0.206. The van der Waals surface area contributed by atoms with E-state index in [1.54, 1.807) is 0 Å². The van der Waals surface area contributed by atoms with Crippen LogP contribution in [0.3, 0.4) is 0 Å². The van der Waals surface area contributed by atoms with Gasteiger partial charge in [0.2, 0.25) is 11.9 Å². The first-order valence-corrected chi connectivity index (χ1v) is 6.97. The molecule has 0 aliphatic carbocycles. The van der Waals surface area contributed by atoms with Crippen molar-refractivity contribution in [2.24, 2.45) is 5.41 Å². The van der Waals surface area contributed by atoms with Gasteiger partial charge < -0.3 is 20.9 Å². The standard InChI is InChI=1S/C13H25N5O2/c1-5-13(6-2,8-19)7-15-11-16-10(14)17-12(18-11)20-9(3)4/h9,19H,5-8H2,1-4H3,(H3,14,15,16,17,18). The fraction of sp³-hybridized carbons (Fsp3) is 0.769. The van der Waals surface area contributed by atoms with E-state index < -0.39 is 0 Å². The number of nitrogens with zero attached hydrogens (tertiary/aromatic N) is 3. The first kappa shape index (κ1) is 16.4. The van der Waals surface area contributed by atoms with Crippen molar-refractivity contribution in [2.45, 2.75) is 46.6 Å². The topological polar surface area (TPSA) is 106 Å². The largest absolute Gasteiger partial charge is 0.461 e. The molecule has 1 aromatic heterocycles. The first-order chi connectivity index (χ1) is 9.44. The highest BCUT2D eigenvalue weighted by atomic mass is 16.5. The molecule has 1 aromatic rings. The van der Waals surface area contributed by atoms with Gasteiger partial charge in [-0.05, 0) is 26.7 Å². The third-order valence-corrected chi connectivity index (χ3v) is 3.43. The molecule has 0 atom stereocenters. The van der Waals surface area contributed by atoms with Crippen molar-refractivity contribution in [3.05, 3.63) is 0 Å². The van der Waals surface area contributed by atoms with Gasteiger partial charge in [0.25, 0.3) is 0 Å². The number of nitrogens with two attached hydrogens (primary N) is 1. The SMILES string of the molecule is CCC(CC)(CO)CNc1nc(N)nc(OC(C)C)n1. The van der Waals surface area contributed by atoms with Gasteiger partial charge in [0.05, 0.1) is 12.7 Å². The van der Waals surface area contributed by atoms with Crippen LogP contribution in [0, 0.1) is 5.41 Å². The summed E-state index contributed by atoms with van der Waals surface area (Å²) in [6.45, 7) is 8.56. The number of hydrogen-bond donors (Lipinski definition) is 3. The Bertz CT molecular complexity index is 413. The zero-order valence-corrected chi connectivity index (χ0v) is 12.7. The van der Waals surface area contributed by atoms with Crippen molar-refractivity contribution in [1.29, 1.82) is 0 Å². The molecular weight excluding hydrogens is 258 g/mol. The molecule has 0 aromatic carbocycles. The van der Waals surface area contributed by atoms with Crippen molar-refractivity contribution in [3.63, 3.8) is 0 Å². The lowest BCUT2D eigenvalue weighted by Gasteiger charge is -2.29.